The Balaban J connectivity index is 1.68. The van der Waals surface area contributed by atoms with Crippen LogP contribution in [-0.2, 0) is 0 Å². The van der Waals surface area contributed by atoms with E-state index in [9.17, 15) is 10.2 Å². The first kappa shape index (κ1) is 18.2. The number of furan rings is 1. The van der Waals surface area contributed by atoms with Crippen molar-refractivity contribution in [2.45, 2.75) is 50.9 Å². The largest absolute Gasteiger partial charge is 0.461 e. The number of aliphatic hydroxyl groups is 2. The lowest BCUT2D eigenvalue weighted by Gasteiger charge is -2.23. The summed E-state index contributed by atoms with van der Waals surface area (Å²) in [6.45, 7) is 2.11. The number of nitrogens with two attached hydrogens (primary N) is 1. The van der Waals surface area contributed by atoms with E-state index in [1.165, 1.54) is 0 Å². The minimum atomic E-state index is -0.903. The molecule has 0 aliphatic heterocycles. The topological polar surface area (TPSA) is 123 Å². The van der Waals surface area contributed by atoms with Gasteiger partial charge < -0.3 is 20.4 Å². The molecule has 0 saturated heterocycles. The number of unbranched alkanes of at least 4 members (excludes halogenated alkanes) is 2. The lowest BCUT2D eigenvalue weighted by atomic mass is 10.1. The van der Waals surface area contributed by atoms with Gasteiger partial charge in [0.05, 0.1) is 18.4 Å². The second-order valence-electron chi connectivity index (χ2n) is 7.83. The Morgan fingerprint density at radius 2 is 2.10 bits per heavy atom. The molecule has 2 fully saturated rings. The van der Waals surface area contributed by atoms with E-state index >= 15 is 0 Å². The number of fused-ring (bicyclic) bond motifs is 2. The van der Waals surface area contributed by atoms with E-state index in [1.807, 2.05) is 4.57 Å². The molecule has 5 atom stereocenters. The van der Waals surface area contributed by atoms with Crippen LogP contribution in [0.25, 0.3) is 22.7 Å². The number of imidazole rings is 1. The Morgan fingerprint density at radius 1 is 1.24 bits per heavy atom. The predicted molar refractivity (Wildman–Crippen MR) is 106 cm³/mol. The average Bonchev–Trinajstić information content (AvgIpc) is 3.03. The Labute approximate surface area is 167 Å². The van der Waals surface area contributed by atoms with Crippen LogP contribution in [0.2, 0.25) is 0 Å². The third kappa shape index (κ3) is 2.89. The fraction of sp³-hybridized carbons (Fsp3) is 0.476. The van der Waals surface area contributed by atoms with Crippen molar-refractivity contribution in [1.29, 1.82) is 0 Å². The quantitative estimate of drug-likeness (QED) is 0.458. The lowest BCUT2D eigenvalue weighted by molar-refractivity contribution is 0.00412. The summed E-state index contributed by atoms with van der Waals surface area (Å²) < 4.78 is 7.43. The Bertz CT molecular complexity index is 1110. The molecule has 2 saturated carbocycles. The van der Waals surface area contributed by atoms with Crippen molar-refractivity contribution in [3.05, 3.63) is 24.2 Å². The fourth-order valence-electron chi connectivity index (χ4n) is 4.39. The molecule has 2 aliphatic rings. The summed E-state index contributed by atoms with van der Waals surface area (Å²) in [6, 6.07) is 3.23. The van der Waals surface area contributed by atoms with Crippen LogP contribution >= 0.6 is 0 Å². The molecule has 0 amide bonds. The minimum absolute atomic E-state index is 0.101. The van der Waals surface area contributed by atoms with E-state index in [0.29, 0.717) is 28.6 Å². The molecule has 8 heteroatoms. The monoisotopic (exact) mass is 393 g/mol. The maximum atomic E-state index is 10.7. The van der Waals surface area contributed by atoms with Crippen LogP contribution in [-0.4, -0.2) is 41.9 Å². The SMILES string of the molecule is CCCCC#Cc1nc(N)c2nc(-c3ccco3)n(C3C(O)C(O)C4CC43)c2n1. The van der Waals surface area contributed by atoms with Crippen LogP contribution < -0.4 is 5.73 Å². The normalized spacial score (nSPS) is 27.6. The molecule has 3 aromatic heterocycles. The van der Waals surface area contributed by atoms with Gasteiger partial charge in [-0.3, -0.25) is 4.57 Å². The summed E-state index contributed by atoms with van der Waals surface area (Å²) in [5, 5.41) is 21.1. The molecule has 0 radical (unpaired) electrons. The van der Waals surface area contributed by atoms with Gasteiger partial charge in [-0.05, 0) is 42.7 Å². The molecular formula is C21H23N5O3. The molecular weight excluding hydrogens is 370 g/mol. The summed E-state index contributed by atoms with van der Waals surface area (Å²) in [7, 11) is 0. The minimum Gasteiger partial charge on any atom is -0.461 e. The van der Waals surface area contributed by atoms with Gasteiger partial charge in [0, 0.05) is 6.42 Å². The number of aromatic nitrogens is 4. The van der Waals surface area contributed by atoms with Crippen LogP contribution in [0, 0.1) is 23.7 Å². The Morgan fingerprint density at radius 3 is 2.79 bits per heavy atom. The molecule has 4 N–H and O–H groups in total. The summed E-state index contributed by atoms with van der Waals surface area (Å²) in [5.74, 6) is 7.97. The first-order valence-electron chi connectivity index (χ1n) is 10.0. The van der Waals surface area contributed by atoms with E-state index in [1.54, 1.807) is 18.4 Å². The summed E-state index contributed by atoms with van der Waals surface area (Å²) in [4.78, 5) is 13.6. The highest BCUT2D eigenvalue weighted by Crippen LogP contribution is 2.58. The van der Waals surface area contributed by atoms with Crippen LogP contribution in [0.15, 0.2) is 22.8 Å². The lowest BCUT2D eigenvalue weighted by Crippen LogP contribution is -2.31. The highest BCUT2D eigenvalue weighted by atomic mass is 16.3. The van der Waals surface area contributed by atoms with Crippen molar-refractivity contribution in [2.75, 3.05) is 5.73 Å². The van der Waals surface area contributed by atoms with Crippen LogP contribution in [0.4, 0.5) is 5.82 Å². The second kappa shape index (κ2) is 6.87. The molecule has 2 aliphatic carbocycles. The van der Waals surface area contributed by atoms with Crippen LogP contribution in [0.1, 0.15) is 44.5 Å². The zero-order chi connectivity index (χ0) is 20.1. The molecule has 150 valence electrons. The number of anilines is 1. The van der Waals surface area contributed by atoms with Gasteiger partial charge >= 0.3 is 0 Å². The van der Waals surface area contributed by atoms with Crippen molar-refractivity contribution >= 4 is 17.0 Å². The number of aliphatic hydroxyl groups excluding tert-OH is 2. The van der Waals surface area contributed by atoms with Crippen molar-refractivity contribution in [1.82, 2.24) is 19.5 Å². The molecule has 29 heavy (non-hydrogen) atoms. The summed E-state index contributed by atoms with van der Waals surface area (Å²) in [6.07, 6.45) is 3.63. The molecule has 5 rings (SSSR count). The molecule has 0 aromatic carbocycles. The summed E-state index contributed by atoms with van der Waals surface area (Å²) >= 11 is 0. The molecule has 0 bridgehead atoms. The number of hydrogen-bond donors (Lipinski definition) is 3. The van der Waals surface area contributed by atoms with Gasteiger partial charge in [-0.25, -0.2) is 15.0 Å². The first-order valence-corrected chi connectivity index (χ1v) is 10.0. The smallest absolute Gasteiger partial charge is 0.208 e. The van der Waals surface area contributed by atoms with Gasteiger partial charge in [-0.15, -0.1) is 0 Å². The number of nitrogen functional groups attached to an aromatic ring is 1. The molecule has 3 heterocycles. The zero-order valence-electron chi connectivity index (χ0n) is 16.1. The average molecular weight is 393 g/mol. The van der Waals surface area contributed by atoms with E-state index < -0.39 is 12.2 Å². The van der Waals surface area contributed by atoms with Gasteiger partial charge in [0.15, 0.2) is 28.6 Å². The predicted octanol–water partition coefficient (Wildman–Crippen LogP) is 2.12. The Kier molecular flexibility index (Phi) is 4.30. The molecule has 8 nitrogen and oxygen atoms in total. The highest BCUT2D eigenvalue weighted by Gasteiger charge is 2.60. The number of nitrogens with zero attached hydrogens (tertiary/aromatic N) is 4. The van der Waals surface area contributed by atoms with E-state index in [2.05, 4.69) is 33.7 Å². The van der Waals surface area contributed by atoms with Gasteiger partial charge in [0.2, 0.25) is 5.82 Å². The maximum Gasteiger partial charge on any atom is 0.208 e. The van der Waals surface area contributed by atoms with Crippen molar-refractivity contribution in [3.8, 4) is 23.4 Å². The van der Waals surface area contributed by atoms with Crippen molar-refractivity contribution < 1.29 is 14.6 Å². The zero-order valence-corrected chi connectivity index (χ0v) is 16.1. The first-order chi connectivity index (χ1) is 14.1. The van der Waals surface area contributed by atoms with Gasteiger partial charge in [-0.2, -0.15) is 0 Å². The molecule has 3 aromatic rings. The van der Waals surface area contributed by atoms with Gasteiger partial charge in [0.25, 0.3) is 0 Å². The number of rotatable bonds is 4. The number of hydrogen-bond acceptors (Lipinski definition) is 7. The van der Waals surface area contributed by atoms with Crippen LogP contribution in [0.3, 0.4) is 0 Å². The highest BCUT2D eigenvalue weighted by molar-refractivity contribution is 5.85. The van der Waals surface area contributed by atoms with E-state index in [4.69, 9.17) is 10.2 Å². The maximum absolute atomic E-state index is 10.7. The molecule has 5 unspecified atom stereocenters. The standard InChI is InChI=1S/C21H23N5O3/c1-2-3-4-5-8-14-23-19(22)15-21(24-14)26(20(25-15)13-7-6-9-29-13)16-11-10-12(11)17(27)18(16)28/h6-7,9,11-12,16-18,27-28H,2-4,10H2,1H3,(H2,22,23,24). The third-order valence-corrected chi connectivity index (χ3v) is 5.93. The van der Waals surface area contributed by atoms with Crippen molar-refractivity contribution in [2.24, 2.45) is 11.8 Å². The Hall–Kier alpha value is -2.89. The third-order valence-electron chi connectivity index (χ3n) is 5.93. The van der Waals surface area contributed by atoms with Crippen LogP contribution in [0.5, 0.6) is 0 Å². The van der Waals surface area contributed by atoms with Gasteiger partial charge in [0.1, 0.15) is 6.10 Å². The fourth-order valence-corrected chi connectivity index (χ4v) is 4.39. The molecule has 0 spiro atoms. The summed E-state index contributed by atoms with van der Waals surface area (Å²) in [5.41, 5.74) is 7.14. The van der Waals surface area contributed by atoms with Gasteiger partial charge in [-0.1, -0.05) is 19.3 Å². The van der Waals surface area contributed by atoms with Crippen molar-refractivity contribution in [3.63, 3.8) is 0 Å². The van der Waals surface area contributed by atoms with E-state index in [0.717, 1.165) is 25.7 Å². The van der Waals surface area contributed by atoms with E-state index in [-0.39, 0.29) is 23.7 Å². The second-order valence-corrected chi connectivity index (χ2v) is 7.83.